The summed E-state index contributed by atoms with van der Waals surface area (Å²) in [5.41, 5.74) is 0.952. The quantitative estimate of drug-likeness (QED) is 0.0524. The highest BCUT2D eigenvalue weighted by molar-refractivity contribution is 8.13. The second-order valence-electron chi connectivity index (χ2n) is 12.7. The van der Waals surface area contributed by atoms with Gasteiger partial charge in [-0.1, -0.05) is 23.9 Å². The maximum atomic E-state index is 12.8. The van der Waals surface area contributed by atoms with E-state index in [4.69, 9.17) is 4.74 Å². The van der Waals surface area contributed by atoms with E-state index in [1.165, 1.54) is 6.92 Å². The molecule has 1 aliphatic heterocycles. The zero-order valence-electron chi connectivity index (χ0n) is 30.8. The third-order valence-electron chi connectivity index (χ3n) is 8.50. The van der Waals surface area contributed by atoms with Crippen LogP contribution in [0.4, 0.5) is 0 Å². The number of ketones is 1. The largest absolute Gasteiger partial charge is 0.480 e. The van der Waals surface area contributed by atoms with Crippen molar-refractivity contribution in [1.82, 2.24) is 35.6 Å². The molecule has 1 atom stereocenters. The highest BCUT2D eigenvalue weighted by Gasteiger charge is 2.20. The van der Waals surface area contributed by atoms with Crippen LogP contribution in [0.2, 0.25) is 0 Å². The number of ether oxygens (including phenoxy) is 1. The fourth-order valence-corrected chi connectivity index (χ4v) is 6.14. The number of nitrogens with zero attached hydrogens (tertiary/aromatic N) is 4. The van der Waals surface area contributed by atoms with Crippen LogP contribution >= 0.6 is 11.8 Å². The number of likely N-dealkylation sites (N-methyl/N-ethyl adjacent to an activating group) is 1. The van der Waals surface area contributed by atoms with E-state index in [0.29, 0.717) is 58.8 Å². The number of nitrogens with one attached hydrogen (secondary N) is 3. The number of thioether (sulfide) groups is 1. The lowest BCUT2D eigenvalue weighted by Gasteiger charge is -2.32. The van der Waals surface area contributed by atoms with Gasteiger partial charge in [0.05, 0.1) is 45.4 Å². The van der Waals surface area contributed by atoms with Crippen LogP contribution in [-0.2, 0) is 44.7 Å². The molecule has 0 radical (unpaired) electrons. The number of carboxylic acids is 2. The summed E-state index contributed by atoms with van der Waals surface area (Å²) >= 11 is 1.10. The number of aryl methyl sites for hydroxylation is 1. The third-order valence-corrected chi connectivity index (χ3v) is 9.44. The van der Waals surface area contributed by atoms with Gasteiger partial charge in [-0.2, -0.15) is 0 Å². The Morgan fingerprint density at radius 1 is 0.774 bits per heavy atom. The molecule has 0 aliphatic carbocycles. The van der Waals surface area contributed by atoms with Crippen LogP contribution in [0.3, 0.4) is 0 Å². The monoisotopic (exact) mass is 765 g/mol. The standard InChI is InChI=1S/C35H55N7O10S/c1-27(44)30(36-2)23-38-31(45)8-5-28-3-6-29(7-4-28)53-35(51)9-21-52-22-10-37-32(46)24-40-13-11-39(19-20-43)12-14-41(25-33(47)48)17-18-42(16-15-40)26-34(49)50/h3-4,6-7,20,30,36H,5,8-19,21-26H2,1-2H3,(H,37,46)(H,38,45)(H,47,48)(H,49,50)/t30-/m0/s1. The molecular formula is C35H55N7O10S. The first-order chi connectivity index (χ1) is 25.4. The molecule has 2 rings (SSSR count). The summed E-state index contributed by atoms with van der Waals surface area (Å²) in [6.45, 7) is 5.34. The Morgan fingerprint density at radius 3 is 1.83 bits per heavy atom. The van der Waals surface area contributed by atoms with E-state index >= 15 is 0 Å². The predicted molar refractivity (Wildman–Crippen MR) is 198 cm³/mol. The normalized spacial score (nSPS) is 16.1. The molecule has 1 fully saturated rings. The van der Waals surface area contributed by atoms with Crippen molar-refractivity contribution in [2.24, 2.45) is 0 Å². The van der Waals surface area contributed by atoms with Crippen LogP contribution in [0.25, 0.3) is 0 Å². The second-order valence-corrected chi connectivity index (χ2v) is 13.8. The van der Waals surface area contributed by atoms with E-state index in [1.807, 2.05) is 34.1 Å². The molecule has 0 bridgehead atoms. The van der Waals surface area contributed by atoms with Crippen molar-refractivity contribution in [3.63, 3.8) is 0 Å². The van der Waals surface area contributed by atoms with Crippen molar-refractivity contribution < 1.29 is 48.5 Å². The number of carbonyl (C=O) groups is 7. The molecule has 0 unspecified atom stereocenters. The van der Waals surface area contributed by atoms with Crippen LogP contribution < -0.4 is 16.0 Å². The molecule has 0 saturated carbocycles. The van der Waals surface area contributed by atoms with Crippen molar-refractivity contribution in [3.05, 3.63) is 29.8 Å². The average Bonchev–Trinajstić information content (AvgIpc) is 3.10. The van der Waals surface area contributed by atoms with Gasteiger partial charge in [-0.15, -0.1) is 0 Å². The van der Waals surface area contributed by atoms with Gasteiger partial charge in [-0.3, -0.25) is 48.4 Å². The highest BCUT2D eigenvalue weighted by atomic mass is 32.2. The summed E-state index contributed by atoms with van der Waals surface area (Å²) in [4.78, 5) is 91.0. The van der Waals surface area contributed by atoms with Gasteiger partial charge in [0.15, 0.2) is 5.12 Å². The van der Waals surface area contributed by atoms with Gasteiger partial charge in [0.1, 0.15) is 12.1 Å². The molecule has 296 valence electrons. The Bertz CT molecular complexity index is 1340. The Hall–Kier alpha value is -3.78. The lowest BCUT2D eigenvalue weighted by Crippen LogP contribution is -2.49. The van der Waals surface area contributed by atoms with Crippen LogP contribution in [-0.4, -0.2) is 189 Å². The minimum absolute atomic E-state index is 0.0445. The zero-order valence-corrected chi connectivity index (χ0v) is 31.6. The molecule has 5 N–H and O–H groups in total. The van der Waals surface area contributed by atoms with Gasteiger partial charge in [-0.25, -0.2) is 0 Å². The summed E-state index contributed by atoms with van der Waals surface area (Å²) in [6, 6.07) is 6.99. The minimum atomic E-state index is -1.000. The number of aliphatic carboxylic acids is 2. The number of Topliss-reactive ketones (excluding diaryl/α,β-unsaturated/α-hetero) is 1. The van der Waals surface area contributed by atoms with Crippen LogP contribution in [0.1, 0.15) is 25.3 Å². The first-order valence-corrected chi connectivity index (χ1v) is 18.5. The predicted octanol–water partition coefficient (Wildman–Crippen LogP) is -1.36. The van der Waals surface area contributed by atoms with Crippen molar-refractivity contribution in [2.45, 2.75) is 37.1 Å². The number of rotatable bonds is 22. The van der Waals surface area contributed by atoms with E-state index in [-0.39, 0.29) is 88.0 Å². The highest BCUT2D eigenvalue weighted by Crippen LogP contribution is 2.21. The number of carboxylic acid groups (broad SMARTS) is 2. The van der Waals surface area contributed by atoms with Gasteiger partial charge < -0.3 is 35.7 Å². The topological polar surface area (TPSA) is 218 Å². The molecule has 1 saturated heterocycles. The number of hydrogen-bond donors (Lipinski definition) is 5. The fourth-order valence-electron chi connectivity index (χ4n) is 5.42. The Labute approximate surface area is 315 Å². The number of aldehydes is 1. The van der Waals surface area contributed by atoms with Crippen molar-refractivity contribution in [2.75, 3.05) is 112 Å². The van der Waals surface area contributed by atoms with Crippen LogP contribution in [0.5, 0.6) is 0 Å². The Kier molecular flexibility index (Phi) is 22.3. The molecule has 17 nitrogen and oxygen atoms in total. The van der Waals surface area contributed by atoms with Crippen molar-refractivity contribution in [3.8, 4) is 0 Å². The minimum Gasteiger partial charge on any atom is -0.480 e. The van der Waals surface area contributed by atoms with E-state index < -0.39 is 18.0 Å². The average molecular weight is 766 g/mol. The van der Waals surface area contributed by atoms with E-state index in [0.717, 1.165) is 28.5 Å². The van der Waals surface area contributed by atoms with E-state index in [1.54, 1.807) is 16.8 Å². The molecule has 18 heteroatoms. The summed E-state index contributed by atoms with van der Waals surface area (Å²) < 4.78 is 5.56. The summed E-state index contributed by atoms with van der Waals surface area (Å²) in [5, 5.41) is 27.0. The van der Waals surface area contributed by atoms with Gasteiger partial charge >= 0.3 is 11.9 Å². The second kappa shape index (κ2) is 26.1. The molecule has 1 aliphatic rings. The summed E-state index contributed by atoms with van der Waals surface area (Å²) in [5.74, 6) is -2.42. The smallest absolute Gasteiger partial charge is 0.317 e. The molecular weight excluding hydrogens is 710 g/mol. The van der Waals surface area contributed by atoms with E-state index in [9.17, 15) is 43.8 Å². The molecule has 1 heterocycles. The first kappa shape index (κ1) is 45.4. The summed E-state index contributed by atoms with van der Waals surface area (Å²) in [7, 11) is 1.67. The third kappa shape index (κ3) is 20.9. The van der Waals surface area contributed by atoms with Crippen LogP contribution in [0.15, 0.2) is 29.2 Å². The van der Waals surface area contributed by atoms with Crippen molar-refractivity contribution >= 4 is 52.7 Å². The van der Waals surface area contributed by atoms with Gasteiger partial charge in [0.2, 0.25) is 11.8 Å². The molecule has 0 aromatic heterocycles. The molecule has 1 aromatic carbocycles. The Balaban J connectivity index is 1.72. The number of carbonyl (C=O) groups excluding carboxylic acids is 5. The SMILES string of the molecule is CN[C@@H](CNC(=O)CCc1ccc(SC(=O)CCOCCNC(=O)CN2CCN(CC=O)CCN(CC(=O)O)CCN(CC(=O)O)CC2)cc1)C(C)=O. The zero-order chi connectivity index (χ0) is 39.0. The molecule has 2 amide bonds. The number of amides is 2. The van der Waals surface area contributed by atoms with Crippen LogP contribution in [0, 0.1) is 0 Å². The number of hydrogen-bond acceptors (Lipinski definition) is 14. The maximum absolute atomic E-state index is 12.8. The first-order valence-electron chi connectivity index (χ1n) is 17.7. The van der Waals surface area contributed by atoms with Crippen molar-refractivity contribution in [1.29, 1.82) is 0 Å². The fraction of sp³-hybridized carbons (Fsp3) is 0.629. The maximum Gasteiger partial charge on any atom is 0.317 e. The number of benzene rings is 1. The molecule has 53 heavy (non-hydrogen) atoms. The molecule has 1 aromatic rings. The van der Waals surface area contributed by atoms with Gasteiger partial charge in [0, 0.05) is 83.2 Å². The van der Waals surface area contributed by atoms with Gasteiger partial charge in [0.25, 0.3) is 0 Å². The lowest BCUT2D eigenvalue weighted by molar-refractivity contribution is -0.140. The van der Waals surface area contributed by atoms with Gasteiger partial charge in [-0.05, 0) is 38.1 Å². The van der Waals surface area contributed by atoms with E-state index in [2.05, 4.69) is 16.0 Å². The lowest BCUT2D eigenvalue weighted by atomic mass is 10.1. The summed E-state index contributed by atoms with van der Waals surface area (Å²) in [6.07, 6.45) is 1.78. The Morgan fingerprint density at radius 2 is 1.32 bits per heavy atom. The molecule has 0 spiro atoms.